The minimum absolute atomic E-state index is 0.00265. The molecule has 2 atom stereocenters. The smallest absolute Gasteiger partial charge is 0.184 e. The third-order valence-corrected chi connectivity index (χ3v) is 6.22. The van der Waals surface area contributed by atoms with E-state index < -0.39 is 12.8 Å². The lowest BCUT2D eigenvalue weighted by molar-refractivity contribution is 0.0659. The molecule has 0 saturated heterocycles. The Morgan fingerprint density at radius 3 is 2.53 bits per heavy atom. The van der Waals surface area contributed by atoms with Crippen molar-refractivity contribution in [3.8, 4) is 0 Å². The molecule has 0 fully saturated rings. The van der Waals surface area contributed by atoms with Gasteiger partial charge in [0.25, 0.3) is 0 Å². The number of hydrazone groups is 1. The van der Waals surface area contributed by atoms with Crippen LogP contribution in [0.5, 0.6) is 0 Å². The molecule has 0 spiro atoms. The van der Waals surface area contributed by atoms with Crippen molar-refractivity contribution in [2.24, 2.45) is 5.10 Å². The molecular formula is C25H22N8O3. The molecule has 180 valence electrons. The average molecular weight is 483 g/mol. The zero-order valence-corrected chi connectivity index (χ0v) is 19.0. The molecule has 0 aliphatic carbocycles. The van der Waals surface area contributed by atoms with Gasteiger partial charge < -0.3 is 20.7 Å². The summed E-state index contributed by atoms with van der Waals surface area (Å²) in [5.74, 6) is 0.0664. The molecule has 6 heterocycles. The maximum absolute atomic E-state index is 10.2. The summed E-state index contributed by atoms with van der Waals surface area (Å²) in [7, 11) is 0. The minimum atomic E-state index is -0.603. The fourth-order valence-electron chi connectivity index (χ4n) is 4.54. The third kappa shape index (κ3) is 3.62. The van der Waals surface area contributed by atoms with Crippen molar-refractivity contribution in [2.45, 2.75) is 18.6 Å². The number of aliphatic hydroxyl groups excluding tert-OH is 2. The fourth-order valence-corrected chi connectivity index (χ4v) is 4.54. The number of allylic oxidation sites excluding steroid dienone is 1. The lowest BCUT2D eigenvalue weighted by Gasteiger charge is -2.22. The molecule has 1 unspecified atom stereocenters. The second-order valence-corrected chi connectivity index (χ2v) is 8.35. The standard InChI is InChI=1S/C25H22N8O3/c26-24-22-15(11-33(25(22)30-13-29-24)21-10-19(35)20(12-34)36-21)14-9-18(16-5-1-3-7-27-16)31-32-23(14)17-6-2-4-8-28-17/h1-9,11,13-14,21,31,34-35H,10,12H2,(H2,26,29,30)/t14?,21-/m1/s1. The molecule has 2 aliphatic rings. The van der Waals surface area contributed by atoms with Gasteiger partial charge >= 0.3 is 0 Å². The van der Waals surface area contributed by atoms with Crippen molar-refractivity contribution in [1.82, 2.24) is 29.9 Å². The Bertz CT molecular complexity index is 1530. The first-order valence-electron chi connectivity index (χ1n) is 11.3. The van der Waals surface area contributed by atoms with Crippen molar-refractivity contribution in [2.75, 3.05) is 12.3 Å². The van der Waals surface area contributed by atoms with Gasteiger partial charge in [0.15, 0.2) is 12.0 Å². The van der Waals surface area contributed by atoms with Crippen LogP contribution in [0.2, 0.25) is 0 Å². The average Bonchev–Trinajstić information content (AvgIpc) is 3.50. The Kier molecular flexibility index (Phi) is 5.30. The molecule has 5 N–H and O–H groups in total. The number of hydrogen-bond donors (Lipinski definition) is 4. The Morgan fingerprint density at radius 2 is 1.83 bits per heavy atom. The Balaban J connectivity index is 1.53. The van der Waals surface area contributed by atoms with Gasteiger partial charge in [-0.2, -0.15) is 5.10 Å². The summed E-state index contributed by atoms with van der Waals surface area (Å²) >= 11 is 0. The molecule has 4 aromatic heterocycles. The van der Waals surface area contributed by atoms with Gasteiger partial charge in [0.05, 0.1) is 40.5 Å². The monoisotopic (exact) mass is 482 g/mol. The minimum Gasteiger partial charge on any atom is -0.508 e. The fraction of sp³-hybridized carbons (Fsp3) is 0.160. The SMILES string of the molecule is Nc1ncnc2c1c(C1C=C(c3ccccn3)NN=C1c1ccccn1)cn2[C@H]1CC(O)=C(CO)O1. The summed E-state index contributed by atoms with van der Waals surface area (Å²) in [5.41, 5.74) is 13.7. The Labute approximate surface area is 205 Å². The van der Waals surface area contributed by atoms with Crippen LogP contribution >= 0.6 is 0 Å². The summed E-state index contributed by atoms with van der Waals surface area (Å²) in [6.45, 7) is -0.396. The molecule has 11 heteroatoms. The Hall–Kier alpha value is -4.77. The van der Waals surface area contributed by atoms with Crippen LogP contribution in [0.4, 0.5) is 5.82 Å². The van der Waals surface area contributed by atoms with Gasteiger partial charge in [-0.1, -0.05) is 12.1 Å². The molecule has 0 aromatic carbocycles. The van der Waals surface area contributed by atoms with E-state index in [9.17, 15) is 10.2 Å². The van der Waals surface area contributed by atoms with Crippen molar-refractivity contribution in [3.05, 3.63) is 95.9 Å². The van der Waals surface area contributed by atoms with E-state index in [0.717, 1.165) is 17.0 Å². The normalized spacial score (nSPS) is 19.6. The van der Waals surface area contributed by atoms with Crippen molar-refractivity contribution in [1.29, 1.82) is 0 Å². The zero-order chi connectivity index (χ0) is 24.6. The predicted octanol–water partition coefficient (Wildman–Crippen LogP) is 2.62. The van der Waals surface area contributed by atoms with Crippen molar-refractivity contribution >= 4 is 28.3 Å². The number of hydrogen-bond acceptors (Lipinski definition) is 10. The highest BCUT2D eigenvalue weighted by atomic mass is 16.5. The topological polar surface area (TPSA) is 157 Å². The van der Waals surface area contributed by atoms with Gasteiger partial charge in [0.1, 0.15) is 30.2 Å². The first-order valence-corrected chi connectivity index (χ1v) is 11.3. The van der Waals surface area contributed by atoms with Gasteiger partial charge in [0, 0.05) is 18.6 Å². The number of aromatic nitrogens is 5. The van der Waals surface area contributed by atoms with Crippen LogP contribution in [-0.4, -0.2) is 47.0 Å². The lowest BCUT2D eigenvalue weighted by atomic mass is 9.89. The van der Waals surface area contributed by atoms with E-state index in [4.69, 9.17) is 10.5 Å². The van der Waals surface area contributed by atoms with E-state index in [0.29, 0.717) is 28.3 Å². The van der Waals surface area contributed by atoms with Crippen LogP contribution in [0.3, 0.4) is 0 Å². The van der Waals surface area contributed by atoms with Gasteiger partial charge in [-0.05, 0) is 35.9 Å². The molecule has 36 heavy (non-hydrogen) atoms. The summed E-state index contributed by atoms with van der Waals surface area (Å²) in [6.07, 6.45) is 8.31. The molecule has 4 aromatic rings. The Morgan fingerprint density at radius 1 is 1.06 bits per heavy atom. The maximum Gasteiger partial charge on any atom is 0.184 e. The van der Waals surface area contributed by atoms with Crippen molar-refractivity contribution in [3.63, 3.8) is 0 Å². The molecular weight excluding hydrogens is 460 g/mol. The van der Waals surface area contributed by atoms with Gasteiger partial charge in [-0.15, -0.1) is 0 Å². The number of rotatable bonds is 5. The van der Waals surface area contributed by atoms with Gasteiger partial charge in [-0.3, -0.25) is 20.0 Å². The predicted molar refractivity (Wildman–Crippen MR) is 132 cm³/mol. The number of nitrogens with two attached hydrogens (primary N) is 1. The number of anilines is 1. The highest BCUT2D eigenvalue weighted by molar-refractivity contribution is 6.09. The number of aliphatic hydroxyl groups is 2. The first-order chi connectivity index (χ1) is 17.6. The lowest BCUT2D eigenvalue weighted by Crippen LogP contribution is -2.24. The second kappa shape index (κ2) is 8.78. The summed E-state index contributed by atoms with van der Waals surface area (Å²) < 4.78 is 7.62. The first kappa shape index (κ1) is 21.7. The summed E-state index contributed by atoms with van der Waals surface area (Å²) in [5, 5.41) is 25.1. The van der Waals surface area contributed by atoms with E-state index in [2.05, 4.69) is 30.5 Å². The molecule has 0 amide bonds. The van der Waals surface area contributed by atoms with E-state index in [1.165, 1.54) is 6.33 Å². The number of ether oxygens (including phenoxy) is 1. The second-order valence-electron chi connectivity index (χ2n) is 8.35. The van der Waals surface area contributed by atoms with E-state index >= 15 is 0 Å². The summed E-state index contributed by atoms with van der Waals surface area (Å²) in [4.78, 5) is 17.7. The van der Waals surface area contributed by atoms with Gasteiger partial charge in [-0.25, -0.2) is 9.97 Å². The van der Waals surface area contributed by atoms with Crippen molar-refractivity contribution < 1.29 is 14.9 Å². The number of nitrogens with zero attached hydrogens (tertiary/aromatic N) is 6. The third-order valence-electron chi connectivity index (χ3n) is 6.22. The number of nitrogen functional groups attached to an aromatic ring is 1. The van der Waals surface area contributed by atoms with Crippen LogP contribution < -0.4 is 11.2 Å². The molecule has 6 rings (SSSR count). The molecule has 2 aliphatic heterocycles. The largest absolute Gasteiger partial charge is 0.508 e. The van der Waals surface area contributed by atoms with E-state index in [-0.39, 0.29) is 23.9 Å². The summed E-state index contributed by atoms with van der Waals surface area (Å²) in [6, 6.07) is 11.3. The molecule has 0 bridgehead atoms. The highest BCUT2D eigenvalue weighted by Gasteiger charge is 2.33. The maximum atomic E-state index is 10.2. The van der Waals surface area contributed by atoms with Crippen LogP contribution in [0.1, 0.15) is 35.5 Å². The van der Waals surface area contributed by atoms with Crippen LogP contribution in [-0.2, 0) is 4.74 Å². The quantitative estimate of drug-likeness (QED) is 0.336. The number of nitrogens with one attached hydrogen (secondary N) is 1. The molecule has 11 nitrogen and oxygen atoms in total. The number of pyridine rings is 2. The van der Waals surface area contributed by atoms with Crippen LogP contribution in [0.25, 0.3) is 16.7 Å². The zero-order valence-electron chi connectivity index (χ0n) is 19.0. The highest BCUT2D eigenvalue weighted by Crippen LogP contribution is 2.39. The molecule has 0 radical (unpaired) electrons. The van der Waals surface area contributed by atoms with E-state index in [1.807, 2.05) is 48.7 Å². The molecule has 0 saturated carbocycles. The van der Waals surface area contributed by atoms with Gasteiger partial charge in [0.2, 0.25) is 0 Å². The van der Waals surface area contributed by atoms with E-state index in [1.54, 1.807) is 17.0 Å². The number of fused-ring (bicyclic) bond motifs is 1. The van der Waals surface area contributed by atoms with Crippen LogP contribution in [0.15, 0.2) is 84.0 Å². The van der Waals surface area contributed by atoms with Crippen LogP contribution in [0, 0.1) is 0 Å².